The first-order valence-corrected chi connectivity index (χ1v) is 6.88. The van der Waals surface area contributed by atoms with Crippen molar-refractivity contribution < 1.29 is 14.2 Å². The maximum Gasteiger partial charge on any atom is 0.176 e. The molecule has 0 heterocycles. The molecule has 0 radical (unpaired) electrons. The summed E-state index contributed by atoms with van der Waals surface area (Å²) in [6.45, 7) is 2.01. The average molecular weight is 287 g/mol. The van der Waals surface area contributed by atoms with Crippen molar-refractivity contribution in [3.63, 3.8) is 0 Å². The van der Waals surface area contributed by atoms with E-state index in [1.807, 2.05) is 61.5 Å². The number of nitrogens with one attached hydrogen (secondary N) is 1. The highest BCUT2D eigenvalue weighted by Crippen LogP contribution is 2.23. The number of benzene rings is 2. The van der Waals surface area contributed by atoms with Gasteiger partial charge in [0, 0.05) is 19.9 Å². The number of methoxy groups -OCH3 is 2. The maximum absolute atomic E-state index is 5.75. The number of ether oxygens (including phenoxy) is 3. The van der Waals surface area contributed by atoms with E-state index in [1.165, 1.54) is 0 Å². The Bertz CT molecular complexity index is 523. The third-order valence-corrected chi connectivity index (χ3v) is 3.10. The van der Waals surface area contributed by atoms with Gasteiger partial charge >= 0.3 is 0 Å². The van der Waals surface area contributed by atoms with Crippen LogP contribution < -0.4 is 10.1 Å². The van der Waals surface area contributed by atoms with Crippen LogP contribution in [0.1, 0.15) is 6.92 Å². The Labute approximate surface area is 125 Å². The Morgan fingerprint density at radius 2 is 1.38 bits per heavy atom. The first-order chi connectivity index (χ1) is 10.2. The Balaban J connectivity index is 1.96. The summed E-state index contributed by atoms with van der Waals surface area (Å²) in [5, 5.41) is 3.33. The van der Waals surface area contributed by atoms with Gasteiger partial charge in [0.05, 0.1) is 6.04 Å². The lowest BCUT2D eigenvalue weighted by molar-refractivity contribution is -0.109. The van der Waals surface area contributed by atoms with Gasteiger partial charge in [-0.3, -0.25) is 0 Å². The summed E-state index contributed by atoms with van der Waals surface area (Å²) in [5.74, 6) is 1.62. The second kappa shape index (κ2) is 7.67. The molecule has 1 unspecified atom stereocenters. The second-order valence-electron chi connectivity index (χ2n) is 4.71. The van der Waals surface area contributed by atoms with Crippen LogP contribution in [0.3, 0.4) is 0 Å². The second-order valence-corrected chi connectivity index (χ2v) is 4.71. The van der Waals surface area contributed by atoms with Crippen LogP contribution in [0, 0.1) is 0 Å². The number of hydrogen-bond donors (Lipinski definition) is 1. The molecule has 0 saturated heterocycles. The number of hydrogen-bond acceptors (Lipinski definition) is 4. The molecule has 0 fully saturated rings. The zero-order chi connectivity index (χ0) is 15.1. The molecule has 2 rings (SSSR count). The Morgan fingerprint density at radius 3 is 1.95 bits per heavy atom. The van der Waals surface area contributed by atoms with Gasteiger partial charge in [-0.05, 0) is 43.3 Å². The summed E-state index contributed by atoms with van der Waals surface area (Å²) in [4.78, 5) is 0. The fourth-order valence-corrected chi connectivity index (χ4v) is 2.08. The predicted octanol–water partition coefficient (Wildman–Crippen LogP) is 3.90. The van der Waals surface area contributed by atoms with Gasteiger partial charge in [0.2, 0.25) is 0 Å². The van der Waals surface area contributed by atoms with Gasteiger partial charge in [-0.25, -0.2) is 0 Å². The molecule has 4 nitrogen and oxygen atoms in total. The first-order valence-electron chi connectivity index (χ1n) is 6.88. The van der Waals surface area contributed by atoms with Crippen LogP contribution in [0.4, 0.5) is 5.69 Å². The standard InChI is InChI=1S/C17H21NO3/c1-13(17(19-2)20-3)18-14-9-11-16(12-10-14)21-15-7-5-4-6-8-15/h4-13,17-18H,1-3H3. The summed E-state index contributed by atoms with van der Waals surface area (Å²) >= 11 is 0. The van der Waals surface area contributed by atoms with Gasteiger partial charge in [0.15, 0.2) is 6.29 Å². The molecule has 0 bridgehead atoms. The molecular formula is C17H21NO3. The van der Waals surface area contributed by atoms with Crippen LogP contribution in [-0.4, -0.2) is 26.6 Å². The largest absolute Gasteiger partial charge is 0.457 e. The van der Waals surface area contributed by atoms with E-state index in [0.29, 0.717) is 0 Å². The predicted molar refractivity (Wildman–Crippen MR) is 83.8 cm³/mol. The average Bonchev–Trinajstić information content (AvgIpc) is 2.51. The molecule has 1 N–H and O–H groups in total. The van der Waals surface area contributed by atoms with Gasteiger partial charge in [0.1, 0.15) is 11.5 Å². The molecule has 0 aromatic heterocycles. The van der Waals surface area contributed by atoms with Crippen molar-refractivity contribution in [2.24, 2.45) is 0 Å². The lowest BCUT2D eigenvalue weighted by Crippen LogP contribution is -2.33. The minimum atomic E-state index is -0.287. The topological polar surface area (TPSA) is 39.7 Å². The SMILES string of the molecule is COC(OC)C(C)Nc1ccc(Oc2ccccc2)cc1. The van der Waals surface area contributed by atoms with Crippen molar-refractivity contribution in [1.29, 1.82) is 0 Å². The molecule has 2 aromatic carbocycles. The number of para-hydroxylation sites is 1. The summed E-state index contributed by atoms with van der Waals surface area (Å²) in [5.41, 5.74) is 0.988. The van der Waals surface area contributed by atoms with E-state index >= 15 is 0 Å². The van der Waals surface area contributed by atoms with Crippen molar-refractivity contribution >= 4 is 5.69 Å². The lowest BCUT2D eigenvalue weighted by atomic mass is 10.2. The fraction of sp³-hybridized carbons (Fsp3) is 0.294. The van der Waals surface area contributed by atoms with E-state index in [9.17, 15) is 0 Å². The highest BCUT2D eigenvalue weighted by atomic mass is 16.7. The fourth-order valence-electron chi connectivity index (χ4n) is 2.08. The van der Waals surface area contributed by atoms with Crippen LogP contribution >= 0.6 is 0 Å². The molecule has 0 saturated carbocycles. The highest BCUT2D eigenvalue weighted by Gasteiger charge is 2.15. The van der Waals surface area contributed by atoms with Crippen LogP contribution in [-0.2, 0) is 9.47 Å². The highest BCUT2D eigenvalue weighted by molar-refractivity contribution is 5.47. The van der Waals surface area contributed by atoms with Gasteiger partial charge in [0.25, 0.3) is 0 Å². The molecular weight excluding hydrogens is 266 g/mol. The van der Waals surface area contributed by atoms with E-state index in [4.69, 9.17) is 14.2 Å². The zero-order valence-electron chi connectivity index (χ0n) is 12.6. The summed E-state index contributed by atoms with van der Waals surface area (Å²) in [6, 6.07) is 17.5. The third kappa shape index (κ3) is 4.48. The lowest BCUT2D eigenvalue weighted by Gasteiger charge is -2.23. The Kier molecular flexibility index (Phi) is 5.60. The first kappa shape index (κ1) is 15.4. The van der Waals surface area contributed by atoms with E-state index in [2.05, 4.69) is 5.32 Å². The van der Waals surface area contributed by atoms with Crippen molar-refractivity contribution in [2.45, 2.75) is 19.3 Å². The zero-order valence-corrected chi connectivity index (χ0v) is 12.6. The molecule has 0 aliphatic heterocycles. The van der Waals surface area contributed by atoms with Crippen molar-refractivity contribution in [1.82, 2.24) is 0 Å². The molecule has 4 heteroatoms. The van der Waals surface area contributed by atoms with Crippen LogP contribution in [0.2, 0.25) is 0 Å². The van der Waals surface area contributed by atoms with E-state index < -0.39 is 0 Å². The monoisotopic (exact) mass is 287 g/mol. The molecule has 112 valence electrons. The van der Waals surface area contributed by atoms with E-state index in [0.717, 1.165) is 17.2 Å². The van der Waals surface area contributed by atoms with Gasteiger partial charge in [-0.1, -0.05) is 18.2 Å². The van der Waals surface area contributed by atoms with Gasteiger partial charge in [-0.15, -0.1) is 0 Å². The van der Waals surface area contributed by atoms with Crippen LogP contribution in [0.5, 0.6) is 11.5 Å². The van der Waals surface area contributed by atoms with Crippen molar-refractivity contribution in [3.8, 4) is 11.5 Å². The molecule has 0 aliphatic carbocycles. The Morgan fingerprint density at radius 1 is 0.810 bits per heavy atom. The van der Waals surface area contributed by atoms with Gasteiger partial charge < -0.3 is 19.5 Å². The maximum atomic E-state index is 5.75. The van der Waals surface area contributed by atoms with Crippen LogP contribution in [0.25, 0.3) is 0 Å². The smallest absolute Gasteiger partial charge is 0.176 e. The quantitative estimate of drug-likeness (QED) is 0.784. The van der Waals surface area contributed by atoms with E-state index in [1.54, 1.807) is 14.2 Å². The Hall–Kier alpha value is -2.04. The third-order valence-electron chi connectivity index (χ3n) is 3.10. The molecule has 2 aromatic rings. The van der Waals surface area contributed by atoms with Gasteiger partial charge in [-0.2, -0.15) is 0 Å². The van der Waals surface area contributed by atoms with Crippen LogP contribution in [0.15, 0.2) is 54.6 Å². The van der Waals surface area contributed by atoms with Crippen molar-refractivity contribution in [2.75, 3.05) is 19.5 Å². The summed E-state index contributed by atoms with van der Waals surface area (Å²) in [6.07, 6.45) is -0.287. The molecule has 0 amide bonds. The normalized spacial score (nSPS) is 12.2. The summed E-state index contributed by atoms with van der Waals surface area (Å²) in [7, 11) is 3.26. The number of rotatable bonds is 7. The number of anilines is 1. The van der Waals surface area contributed by atoms with Crippen molar-refractivity contribution in [3.05, 3.63) is 54.6 Å². The minimum Gasteiger partial charge on any atom is -0.457 e. The molecule has 0 spiro atoms. The van der Waals surface area contributed by atoms with E-state index in [-0.39, 0.29) is 12.3 Å². The summed E-state index contributed by atoms with van der Waals surface area (Å²) < 4.78 is 16.2. The molecule has 21 heavy (non-hydrogen) atoms. The molecule has 0 aliphatic rings. The molecule has 1 atom stereocenters. The minimum absolute atomic E-state index is 0.0425.